The third-order valence-corrected chi connectivity index (χ3v) is 3.86. The molecule has 17 heavy (non-hydrogen) atoms. The number of hydrogen-bond acceptors (Lipinski definition) is 3. The Morgan fingerprint density at radius 1 is 1.12 bits per heavy atom. The van der Waals surface area contributed by atoms with Crippen molar-refractivity contribution in [3.05, 3.63) is 29.8 Å². The molecule has 0 bridgehead atoms. The predicted molar refractivity (Wildman–Crippen MR) is 73.3 cm³/mol. The monoisotopic (exact) mass is 254 g/mol. The fourth-order valence-corrected chi connectivity index (χ4v) is 2.45. The quantitative estimate of drug-likeness (QED) is 0.810. The van der Waals surface area contributed by atoms with Crippen LogP contribution in [-0.2, 0) is 0 Å². The average molecular weight is 254 g/mol. The number of aliphatic hydroxyl groups is 2. The Balaban J connectivity index is 2.53. The predicted octanol–water partition coefficient (Wildman–Crippen LogP) is 3.24. The van der Waals surface area contributed by atoms with Gasteiger partial charge in [-0.15, -0.1) is 11.8 Å². The van der Waals surface area contributed by atoms with Crippen LogP contribution < -0.4 is 0 Å². The first-order valence-corrected chi connectivity index (χ1v) is 6.88. The molecule has 1 aromatic carbocycles. The summed E-state index contributed by atoms with van der Waals surface area (Å²) >= 11 is 1.64. The smallest absolute Gasteiger partial charge is 0.0761 e. The molecule has 2 unspecified atom stereocenters. The summed E-state index contributed by atoms with van der Waals surface area (Å²) in [5.74, 6) is 0.692. The summed E-state index contributed by atoms with van der Waals surface area (Å²) in [4.78, 5) is 1.12. The zero-order valence-corrected chi connectivity index (χ0v) is 11.8. The van der Waals surface area contributed by atoms with E-state index in [1.165, 1.54) is 0 Å². The molecule has 0 saturated heterocycles. The Hall–Kier alpha value is -0.510. The van der Waals surface area contributed by atoms with Gasteiger partial charge in [-0.25, -0.2) is 0 Å². The lowest BCUT2D eigenvalue weighted by atomic mass is 9.90. The van der Waals surface area contributed by atoms with Gasteiger partial charge in [-0.3, -0.25) is 0 Å². The minimum Gasteiger partial charge on any atom is -0.392 e. The SMILES string of the molecule is CC(O)c1ccc(SCC(O)C(C)(C)C)cc1. The van der Waals surface area contributed by atoms with Gasteiger partial charge in [0.05, 0.1) is 12.2 Å². The van der Waals surface area contributed by atoms with Gasteiger partial charge in [0.1, 0.15) is 0 Å². The lowest BCUT2D eigenvalue weighted by molar-refractivity contribution is 0.0843. The molecule has 3 heteroatoms. The molecule has 0 aromatic heterocycles. The molecule has 2 N–H and O–H groups in total. The highest BCUT2D eigenvalue weighted by atomic mass is 32.2. The molecule has 2 atom stereocenters. The Morgan fingerprint density at radius 2 is 1.65 bits per heavy atom. The van der Waals surface area contributed by atoms with Crippen molar-refractivity contribution in [1.82, 2.24) is 0 Å². The van der Waals surface area contributed by atoms with Crippen molar-refractivity contribution in [2.75, 3.05) is 5.75 Å². The van der Waals surface area contributed by atoms with E-state index in [0.717, 1.165) is 10.5 Å². The van der Waals surface area contributed by atoms with Crippen molar-refractivity contribution in [3.63, 3.8) is 0 Å². The molecule has 0 aliphatic rings. The van der Waals surface area contributed by atoms with Gasteiger partial charge in [-0.05, 0) is 30.0 Å². The van der Waals surface area contributed by atoms with E-state index in [2.05, 4.69) is 0 Å². The van der Waals surface area contributed by atoms with E-state index >= 15 is 0 Å². The van der Waals surface area contributed by atoms with E-state index in [4.69, 9.17) is 0 Å². The first kappa shape index (κ1) is 14.6. The van der Waals surface area contributed by atoms with Crippen molar-refractivity contribution in [3.8, 4) is 0 Å². The first-order chi connectivity index (χ1) is 7.80. The lowest BCUT2D eigenvalue weighted by Gasteiger charge is -2.25. The van der Waals surface area contributed by atoms with E-state index in [0.29, 0.717) is 5.75 Å². The molecular formula is C14H22O2S. The summed E-state index contributed by atoms with van der Waals surface area (Å²) < 4.78 is 0. The number of aliphatic hydroxyl groups excluding tert-OH is 2. The standard InChI is InChI=1S/C14H22O2S/c1-10(15)11-5-7-12(8-6-11)17-9-13(16)14(2,3)4/h5-8,10,13,15-16H,9H2,1-4H3. The highest BCUT2D eigenvalue weighted by Gasteiger charge is 2.21. The van der Waals surface area contributed by atoms with Crippen LogP contribution in [0.25, 0.3) is 0 Å². The first-order valence-electron chi connectivity index (χ1n) is 5.89. The van der Waals surface area contributed by atoms with Crippen molar-refractivity contribution >= 4 is 11.8 Å². The van der Waals surface area contributed by atoms with Crippen LogP contribution in [0.5, 0.6) is 0 Å². The van der Waals surface area contributed by atoms with Crippen LogP contribution in [0.4, 0.5) is 0 Å². The summed E-state index contributed by atoms with van der Waals surface area (Å²) in [5.41, 5.74) is 0.845. The highest BCUT2D eigenvalue weighted by Crippen LogP contribution is 2.27. The molecule has 0 heterocycles. The Morgan fingerprint density at radius 3 is 2.06 bits per heavy atom. The molecule has 1 aromatic rings. The van der Waals surface area contributed by atoms with Gasteiger partial charge in [-0.1, -0.05) is 32.9 Å². The van der Waals surface area contributed by atoms with Crippen LogP contribution in [0.1, 0.15) is 39.4 Å². The summed E-state index contributed by atoms with van der Waals surface area (Å²) in [7, 11) is 0. The van der Waals surface area contributed by atoms with Gasteiger partial charge >= 0.3 is 0 Å². The van der Waals surface area contributed by atoms with Crippen molar-refractivity contribution in [2.45, 2.75) is 44.8 Å². The molecule has 0 radical (unpaired) electrons. The van der Waals surface area contributed by atoms with Crippen LogP contribution in [0, 0.1) is 5.41 Å². The second kappa shape index (κ2) is 5.89. The Kier molecular flexibility index (Phi) is 5.04. The van der Waals surface area contributed by atoms with Crippen molar-refractivity contribution in [2.24, 2.45) is 5.41 Å². The summed E-state index contributed by atoms with van der Waals surface area (Å²) in [6.07, 6.45) is -0.738. The molecule has 0 aliphatic carbocycles. The topological polar surface area (TPSA) is 40.5 Å². The highest BCUT2D eigenvalue weighted by molar-refractivity contribution is 7.99. The van der Waals surface area contributed by atoms with E-state index in [-0.39, 0.29) is 11.5 Å². The zero-order chi connectivity index (χ0) is 13.1. The molecule has 1 rings (SSSR count). The maximum atomic E-state index is 9.93. The van der Waals surface area contributed by atoms with Gasteiger partial charge in [0.15, 0.2) is 0 Å². The molecular weight excluding hydrogens is 232 g/mol. The minimum absolute atomic E-state index is 0.0768. The van der Waals surface area contributed by atoms with Gasteiger partial charge in [0.2, 0.25) is 0 Å². The van der Waals surface area contributed by atoms with Crippen LogP contribution in [0.15, 0.2) is 29.2 Å². The molecule has 0 saturated carbocycles. The Bertz CT molecular complexity index is 338. The average Bonchev–Trinajstić information content (AvgIpc) is 2.25. The van der Waals surface area contributed by atoms with Crippen LogP contribution in [0.3, 0.4) is 0 Å². The summed E-state index contributed by atoms with van der Waals surface area (Å²) in [6, 6.07) is 7.83. The normalized spacial score (nSPS) is 15.6. The second-order valence-corrected chi connectivity index (χ2v) is 6.53. The van der Waals surface area contributed by atoms with Crippen molar-refractivity contribution < 1.29 is 10.2 Å². The molecule has 96 valence electrons. The lowest BCUT2D eigenvalue weighted by Crippen LogP contribution is -2.28. The molecule has 2 nitrogen and oxygen atoms in total. The van der Waals surface area contributed by atoms with Crippen LogP contribution >= 0.6 is 11.8 Å². The van der Waals surface area contributed by atoms with Crippen LogP contribution in [-0.4, -0.2) is 22.1 Å². The molecule has 0 fully saturated rings. The summed E-state index contributed by atoms with van der Waals surface area (Å²) in [5, 5.41) is 19.3. The van der Waals surface area contributed by atoms with Gasteiger partial charge in [0, 0.05) is 10.6 Å². The van der Waals surface area contributed by atoms with Crippen molar-refractivity contribution in [1.29, 1.82) is 0 Å². The van der Waals surface area contributed by atoms with Gasteiger partial charge in [-0.2, -0.15) is 0 Å². The molecule has 0 amide bonds. The summed E-state index contributed by atoms with van der Waals surface area (Å²) in [6.45, 7) is 7.86. The van der Waals surface area contributed by atoms with E-state index < -0.39 is 6.10 Å². The molecule has 0 aliphatic heterocycles. The fraction of sp³-hybridized carbons (Fsp3) is 0.571. The third-order valence-electron chi connectivity index (χ3n) is 2.77. The molecule has 0 spiro atoms. The number of thioether (sulfide) groups is 1. The number of hydrogen-bond donors (Lipinski definition) is 2. The van der Waals surface area contributed by atoms with E-state index in [9.17, 15) is 10.2 Å². The largest absolute Gasteiger partial charge is 0.392 e. The minimum atomic E-state index is -0.422. The maximum absolute atomic E-state index is 9.93. The maximum Gasteiger partial charge on any atom is 0.0761 e. The number of rotatable bonds is 4. The van der Waals surface area contributed by atoms with Gasteiger partial charge in [0.25, 0.3) is 0 Å². The third kappa shape index (κ3) is 4.70. The van der Waals surface area contributed by atoms with Gasteiger partial charge < -0.3 is 10.2 Å². The van der Waals surface area contributed by atoms with E-state index in [1.54, 1.807) is 18.7 Å². The van der Waals surface area contributed by atoms with Crippen LogP contribution in [0.2, 0.25) is 0 Å². The number of benzene rings is 1. The Labute approximate surface area is 108 Å². The fourth-order valence-electron chi connectivity index (χ4n) is 1.27. The van der Waals surface area contributed by atoms with E-state index in [1.807, 2.05) is 45.0 Å². The second-order valence-electron chi connectivity index (χ2n) is 5.44. The zero-order valence-electron chi connectivity index (χ0n) is 11.0.